The van der Waals surface area contributed by atoms with E-state index < -0.39 is 18.1 Å². The number of ether oxygens (including phenoxy) is 1. The van der Waals surface area contributed by atoms with Gasteiger partial charge in [-0.25, -0.2) is 4.79 Å². The summed E-state index contributed by atoms with van der Waals surface area (Å²) in [5, 5.41) is 9.30. The molecule has 1 aromatic carbocycles. The van der Waals surface area contributed by atoms with Gasteiger partial charge in [0.05, 0.1) is 0 Å². The summed E-state index contributed by atoms with van der Waals surface area (Å²) in [7, 11) is 0. The molecule has 0 aliphatic carbocycles. The number of hydrogen-bond donors (Lipinski definition) is 1. The lowest BCUT2D eigenvalue weighted by Gasteiger charge is -2.35. The second-order valence-corrected chi connectivity index (χ2v) is 5.71. The maximum Gasteiger partial charge on any atom is 0.326 e. The maximum atomic E-state index is 12.7. The predicted octanol–water partition coefficient (Wildman–Crippen LogP) is 2.62. The molecule has 5 heteroatoms. The molecule has 0 radical (unpaired) electrons. The first-order valence-corrected chi connectivity index (χ1v) is 7.79. The van der Waals surface area contributed by atoms with Crippen LogP contribution in [0.3, 0.4) is 0 Å². The Balaban J connectivity index is 2.12. The van der Waals surface area contributed by atoms with Gasteiger partial charge < -0.3 is 14.7 Å². The van der Waals surface area contributed by atoms with Crippen LogP contribution in [0.1, 0.15) is 38.2 Å². The Morgan fingerprint density at radius 2 is 2.18 bits per heavy atom. The predicted molar refractivity (Wildman–Crippen MR) is 82.9 cm³/mol. The standard InChI is InChI=1S/C17H23NO4/c1-3-15(22-13-8-6-7-12(2)11-13)16(19)18-10-5-4-9-14(18)17(20)21/h6-8,11,14-15H,3-5,9-10H2,1-2H3,(H,20,21)/t14-,15?/m1/s1. The van der Waals surface area contributed by atoms with E-state index in [1.165, 1.54) is 4.90 Å². The van der Waals surface area contributed by atoms with Gasteiger partial charge in [-0.05, 0) is 50.3 Å². The minimum Gasteiger partial charge on any atom is -0.481 e. The zero-order valence-corrected chi connectivity index (χ0v) is 13.1. The van der Waals surface area contributed by atoms with E-state index in [1.54, 1.807) is 0 Å². The molecule has 1 aliphatic rings. The van der Waals surface area contributed by atoms with Crippen LogP contribution in [0.15, 0.2) is 24.3 Å². The normalized spacial score (nSPS) is 19.5. The smallest absolute Gasteiger partial charge is 0.326 e. The summed E-state index contributed by atoms with van der Waals surface area (Å²) in [6.07, 6.45) is 2.08. The van der Waals surface area contributed by atoms with Crippen molar-refractivity contribution in [3.8, 4) is 5.75 Å². The third-order valence-electron chi connectivity index (χ3n) is 3.99. The van der Waals surface area contributed by atoms with E-state index in [0.717, 1.165) is 18.4 Å². The molecule has 0 aromatic heterocycles. The number of aryl methyl sites for hydroxylation is 1. The van der Waals surface area contributed by atoms with Crippen LogP contribution in [0.2, 0.25) is 0 Å². The highest BCUT2D eigenvalue weighted by Gasteiger charge is 2.35. The van der Waals surface area contributed by atoms with Crippen molar-refractivity contribution in [1.29, 1.82) is 0 Å². The first kappa shape index (κ1) is 16.3. The molecule has 0 saturated carbocycles. The molecular formula is C17H23NO4. The van der Waals surface area contributed by atoms with Crippen LogP contribution in [0.4, 0.5) is 0 Å². The van der Waals surface area contributed by atoms with Gasteiger partial charge in [0.15, 0.2) is 6.10 Å². The van der Waals surface area contributed by atoms with Crippen LogP contribution < -0.4 is 4.74 Å². The molecule has 2 rings (SSSR count). The second kappa shape index (κ2) is 7.29. The summed E-state index contributed by atoms with van der Waals surface area (Å²) < 4.78 is 5.80. The summed E-state index contributed by atoms with van der Waals surface area (Å²) in [5.74, 6) is -0.515. The van der Waals surface area contributed by atoms with Gasteiger partial charge in [-0.2, -0.15) is 0 Å². The van der Waals surface area contributed by atoms with Crippen molar-refractivity contribution in [3.63, 3.8) is 0 Å². The molecule has 1 amide bonds. The Labute approximate surface area is 130 Å². The van der Waals surface area contributed by atoms with Crippen molar-refractivity contribution in [2.45, 2.75) is 51.7 Å². The fourth-order valence-corrected chi connectivity index (χ4v) is 2.80. The number of nitrogens with zero attached hydrogens (tertiary/aromatic N) is 1. The van der Waals surface area contributed by atoms with Crippen LogP contribution in [0, 0.1) is 6.92 Å². The first-order valence-electron chi connectivity index (χ1n) is 7.79. The van der Waals surface area contributed by atoms with Crippen LogP contribution in [0.25, 0.3) is 0 Å². The average Bonchev–Trinajstić information content (AvgIpc) is 2.52. The molecular weight excluding hydrogens is 282 g/mol. The minimum absolute atomic E-state index is 0.226. The van der Waals surface area contributed by atoms with Gasteiger partial charge >= 0.3 is 5.97 Å². The van der Waals surface area contributed by atoms with Crippen molar-refractivity contribution in [2.24, 2.45) is 0 Å². The minimum atomic E-state index is -0.932. The van der Waals surface area contributed by atoms with Crippen molar-refractivity contribution >= 4 is 11.9 Å². The van der Waals surface area contributed by atoms with Crippen molar-refractivity contribution in [2.75, 3.05) is 6.54 Å². The van der Waals surface area contributed by atoms with Crippen LogP contribution in [0.5, 0.6) is 5.75 Å². The van der Waals surface area contributed by atoms with Crippen LogP contribution in [-0.2, 0) is 9.59 Å². The van der Waals surface area contributed by atoms with Gasteiger partial charge in [0.1, 0.15) is 11.8 Å². The Hall–Kier alpha value is -2.04. The quantitative estimate of drug-likeness (QED) is 0.908. The fraction of sp³-hybridized carbons (Fsp3) is 0.529. The topological polar surface area (TPSA) is 66.8 Å². The molecule has 1 heterocycles. The van der Waals surface area contributed by atoms with Gasteiger partial charge in [0.2, 0.25) is 0 Å². The number of aliphatic carboxylic acids is 1. The largest absolute Gasteiger partial charge is 0.481 e. The molecule has 0 spiro atoms. The molecule has 1 fully saturated rings. The fourth-order valence-electron chi connectivity index (χ4n) is 2.80. The summed E-state index contributed by atoms with van der Waals surface area (Å²) >= 11 is 0. The summed E-state index contributed by atoms with van der Waals surface area (Å²) in [5.41, 5.74) is 1.06. The molecule has 1 saturated heterocycles. The maximum absolute atomic E-state index is 12.7. The first-order chi connectivity index (χ1) is 10.5. The highest BCUT2D eigenvalue weighted by atomic mass is 16.5. The number of benzene rings is 1. The highest BCUT2D eigenvalue weighted by molar-refractivity contribution is 5.86. The van der Waals surface area contributed by atoms with Crippen molar-refractivity contribution < 1.29 is 19.4 Å². The summed E-state index contributed by atoms with van der Waals surface area (Å²) in [4.78, 5) is 25.5. The number of carbonyl (C=O) groups is 2. The van der Waals surface area contributed by atoms with Crippen LogP contribution in [-0.4, -0.2) is 40.6 Å². The number of rotatable bonds is 5. The molecule has 2 atom stereocenters. The number of carboxylic acids is 1. The van der Waals surface area contributed by atoms with E-state index in [-0.39, 0.29) is 5.91 Å². The number of carbonyl (C=O) groups excluding carboxylic acids is 1. The van der Waals surface area contributed by atoms with E-state index in [1.807, 2.05) is 38.1 Å². The summed E-state index contributed by atoms with van der Waals surface area (Å²) in [6.45, 7) is 4.32. The Morgan fingerprint density at radius 1 is 1.41 bits per heavy atom. The Kier molecular flexibility index (Phi) is 5.41. The van der Waals surface area contributed by atoms with E-state index in [4.69, 9.17) is 4.74 Å². The highest BCUT2D eigenvalue weighted by Crippen LogP contribution is 2.21. The molecule has 1 aromatic rings. The molecule has 22 heavy (non-hydrogen) atoms. The van der Waals surface area contributed by atoms with Gasteiger partial charge in [-0.1, -0.05) is 19.1 Å². The lowest BCUT2D eigenvalue weighted by atomic mass is 10.0. The van der Waals surface area contributed by atoms with E-state index >= 15 is 0 Å². The number of piperidine rings is 1. The third kappa shape index (κ3) is 3.78. The third-order valence-corrected chi connectivity index (χ3v) is 3.99. The monoisotopic (exact) mass is 305 g/mol. The van der Waals surface area contributed by atoms with E-state index in [9.17, 15) is 14.7 Å². The molecule has 1 unspecified atom stereocenters. The Bertz CT molecular complexity index is 543. The number of amides is 1. The molecule has 1 aliphatic heterocycles. The summed E-state index contributed by atoms with van der Waals surface area (Å²) in [6, 6.07) is 6.80. The zero-order valence-electron chi connectivity index (χ0n) is 13.1. The molecule has 1 N–H and O–H groups in total. The lowest BCUT2D eigenvalue weighted by molar-refractivity contribution is -0.155. The number of carboxylic acid groups (broad SMARTS) is 1. The second-order valence-electron chi connectivity index (χ2n) is 5.71. The van der Waals surface area contributed by atoms with Crippen molar-refractivity contribution in [3.05, 3.63) is 29.8 Å². The number of likely N-dealkylation sites (tertiary alicyclic amines) is 1. The Morgan fingerprint density at radius 3 is 2.82 bits per heavy atom. The van der Waals surface area contributed by atoms with Gasteiger partial charge in [0.25, 0.3) is 5.91 Å². The van der Waals surface area contributed by atoms with E-state index in [0.29, 0.717) is 25.1 Å². The van der Waals surface area contributed by atoms with Crippen molar-refractivity contribution in [1.82, 2.24) is 4.90 Å². The zero-order chi connectivity index (χ0) is 16.1. The average molecular weight is 305 g/mol. The van der Waals surface area contributed by atoms with Gasteiger partial charge in [-0.15, -0.1) is 0 Å². The van der Waals surface area contributed by atoms with Gasteiger partial charge in [-0.3, -0.25) is 4.79 Å². The SMILES string of the molecule is CCC(Oc1cccc(C)c1)C(=O)N1CCCC[C@@H]1C(=O)O. The number of hydrogen-bond acceptors (Lipinski definition) is 3. The van der Waals surface area contributed by atoms with Gasteiger partial charge in [0, 0.05) is 6.54 Å². The van der Waals surface area contributed by atoms with Crippen LogP contribution >= 0.6 is 0 Å². The molecule has 120 valence electrons. The lowest BCUT2D eigenvalue weighted by Crippen LogP contribution is -2.52. The molecule has 5 nitrogen and oxygen atoms in total. The van der Waals surface area contributed by atoms with E-state index in [2.05, 4.69) is 0 Å². The molecule has 0 bridgehead atoms.